The molecular formula is C57H32N2O12. The number of carbonyl (C=O) groups excluding carboxylic acids is 6. The number of amides is 4. The van der Waals surface area contributed by atoms with E-state index in [2.05, 4.69) is 24.3 Å². The molecule has 0 bridgehead atoms. The third-order valence-corrected chi connectivity index (χ3v) is 12.9. The molecule has 11 rings (SSSR count). The first-order chi connectivity index (χ1) is 34.3. The van der Waals surface area contributed by atoms with Crippen LogP contribution in [0.3, 0.4) is 0 Å². The van der Waals surface area contributed by atoms with Gasteiger partial charge in [0.05, 0.1) is 61.3 Å². The predicted molar refractivity (Wildman–Crippen MR) is 256 cm³/mol. The van der Waals surface area contributed by atoms with Gasteiger partial charge in [-0.05, 0) is 143 Å². The molecule has 8 aromatic carbocycles. The minimum Gasteiger partial charge on any atom is -0.478 e. The van der Waals surface area contributed by atoms with E-state index in [0.29, 0.717) is 0 Å². The Balaban J connectivity index is 0.855. The molecular weight excluding hydrogens is 905 g/mol. The number of carboxylic acids is 2. The fourth-order valence-electron chi connectivity index (χ4n) is 9.61. The van der Waals surface area contributed by atoms with Gasteiger partial charge in [-0.1, -0.05) is 72.8 Å². The first-order valence-electron chi connectivity index (χ1n) is 21.9. The number of nitrogens with zero attached hydrogens (tertiary/aromatic N) is 2. The van der Waals surface area contributed by atoms with Gasteiger partial charge in [-0.2, -0.15) is 0 Å². The van der Waals surface area contributed by atoms with Crippen molar-refractivity contribution >= 4 is 58.9 Å². The minimum absolute atomic E-state index is 0.00217. The molecule has 0 spiro atoms. The van der Waals surface area contributed by atoms with Crippen molar-refractivity contribution in [3.63, 3.8) is 0 Å². The lowest BCUT2D eigenvalue weighted by atomic mass is 9.68. The molecule has 0 radical (unpaired) electrons. The van der Waals surface area contributed by atoms with E-state index in [4.69, 9.17) is 9.47 Å². The van der Waals surface area contributed by atoms with Crippen LogP contribution in [-0.2, 0) is 5.41 Å². The maximum Gasteiger partial charge on any atom is 0.343 e. The Morgan fingerprint density at radius 3 is 1.07 bits per heavy atom. The van der Waals surface area contributed by atoms with Gasteiger partial charge in [0.1, 0.15) is 11.5 Å². The summed E-state index contributed by atoms with van der Waals surface area (Å²) in [4.78, 5) is 105. The molecule has 0 unspecified atom stereocenters. The topological polar surface area (TPSA) is 202 Å². The van der Waals surface area contributed by atoms with Gasteiger partial charge in [0.25, 0.3) is 23.6 Å². The number of imide groups is 2. The highest BCUT2D eigenvalue weighted by molar-refractivity contribution is 6.35. The fraction of sp³-hybridized carbons (Fsp3) is 0.0175. The number of carbonyl (C=O) groups is 8. The molecule has 0 saturated heterocycles. The standard InChI is InChI=1S/C57H32N2O12/c60-49-43-27-13-33(29-45(43)51(62)58(49)37-19-9-31(10-20-37)53(64)65)55(68)70-39-23-15-35(16-24-39)57(47-7-3-1-5-41(47)42-6-2-4-8-48(42)57)36-17-25-40(26-18-36)71-56(69)34-14-28-44-46(30-34)52(63)59(50(44)61)38-21-11-32(12-22-38)54(66)67/h1-30H,(H,64,65)(H,66,67). The number of esters is 2. The number of hydrogen-bond donors (Lipinski definition) is 2. The van der Waals surface area contributed by atoms with Crippen molar-refractivity contribution in [2.24, 2.45) is 0 Å². The molecule has 2 heterocycles. The molecule has 71 heavy (non-hydrogen) atoms. The van der Waals surface area contributed by atoms with Gasteiger partial charge in [-0.15, -0.1) is 0 Å². The monoisotopic (exact) mass is 936 g/mol. The van der Waals surface area contributed by atoms with E-state index in [1.165, 1.54) is 84.9 Å². The summed E-state index contributed by atoms with van der Waals surface area (Å²) >= 11 is 0. The number of ether oxygens (including phenoxy) is 2. The van der Waals surface area contributed by atoms with E-state index in [1.54, 1.807) is 24.3 Å². The summed E-state index contributed by atoms with van der Waals surface area (Å²) in [5.41, 5.74) is 5.27. The number of carboxylic acid groups (broad SMARTS) is 2. The average Bonchev–Trinajstić information content (AvgIpc) is 3.94. The van der Waals surface area contributed by atoms with Crippen LogP contribution in [0.5, 0.6) is 11.5 Å². The van der Waals surface area contributed by atoms with Crippen molar-refractivity contribution in [1.29, 1.82) is 0 Å². The first-order valence-corrected chi connectivity index (χ1v) is 21.9. The molecule has 0 fully saturated rings. The van der Waals surface area contributed by atoms with Gasteiger partial charge in [-0.25, -0.2) is 29.0 Å². The normalized spacial score (nSPS) is 13.9. The molecule has 0 aromatic heterocycles. The van der Waals surface area contributed by atoms with Crippen LogP contribution in [0.1, 0.15) is 105 Å². The molecule has 3 aliphatic rings. The highest BCUT2D eigenvalue weighted by Gasteiger charge is 2.46. The van der Waals surface area contributed by atoms with Crippen LogP contribution in [-0.4, -0.2) is 57.7 Å². The highest BCUT2D eigenvalue weighted by atomic mass is 16.5. The zero-order chi connectivity index (χ0) is 49.3. The zero-order valence-electron chi connectivity index (χ0n) is 36.7. The molecule has 14 heteroatoms. The van der Waals surface area contributed by atoms with Gasteiger partial charge < -0.3 is 19.7 Å². The lowest BCUT2D eigenvalue weighted by Gasteiger charge is -2.34. The molecule has 0 saturated carbocycles. The number of benzene rings is 8. The Bertz CT molecular complexity index is 3410. The summed E-state index contributed by atoms with van der Waals surface area (Å²) in [6, 6.07) is 48.9. The van der Waals surface area contributed by atoms with Crippen molar-refractivity contribution in [2.45, 2.75) is 5.41 Å². The van der Waals surface area contributed by atoms with E-state index in [-0.39, 0.29) is 67.4 Å². The zero-order valence-corrected chi connectivity index (χ0v) is 36.7. The van der Waals surface area contributed by atoms with Gasteiger partial charge in [0, 0.05) is 0 Å². The van der Waals surface area contributed by atoms with Gasteiger partial charge >= 0.3 is 23.9 Å². The van der Waals surface area contributed by atoms with Crippen molar-refractivity contribution in [3.05, 3.63) is 249 Å². The Labute approximate surface area is 402 Å². The molecule has 2 N–H and O–H groups in total. The summed E-state index contributed by atoms with van der Waals surface area (Å²) in [5, 5.41) is 18.5. The quantitative estimate of drug-likeness (QED) is 0.0748. The number of hydrogen-bond acceptors (Lipinski definition) is 10. The first kappa shape index (κ1) is 43.5. The number of anilines is 2. The van der Waals surface area contributed by atoms with Crippen molar-refractivity contribution in [2.75, 3.05) is 9.80 Å². The van der Waals surface area contributed by atoms with Crippen LogP contribution in [0.15, 0.2) is 182 Å². The van der Waals surface area contributed by atoms with Crippen LogP contribution in [0.25, 0.3) is 11.1 Å². The van der Waals surface area contributed by atoms with Crippen LogP contribution in [0.2, 0.25) is 0 Å². The van der Waals surface area contributed by atoms with Crippen LogP contribution < -0.4 is 19.3 Å². The van der Waals surface area contributed by atoms with Crippen LogP contribution in [0.4, 0.5) is 11.4 Å². The Morgan fingerprint density at radius 1 is 0.366 bits per heavy atom. The molecule has 4 amide bonds. The lowest BCUT2D eigenvalue weighted by molar-refractivity contribution is 0.0686. The van der Waals surface area contributed by atoms with Crippen LogP contribution >= 0.6 is 0 Å². The molecule has 1 aliphatic carbocycles. The molecule has 8 aromatic rings. The minimum atomic E-state index is -1.16. The summed E-state index contributed by atoms with van der Waals surface area (Å²) in [6.45, 7) is 0. The third kappa shape index (κ3) is 6.96. The Hall–Kier alpha value is -10.1. The summed E-state index contributed by atoms with van der Waals surface area (Å²) in [7, 11) is 0. The largest absolute Gasteiger partial charge is 0.478 e. The maximum absolute atomic E-state index is 13.6. The van der Waals surface area contributed by atoms with E-state index in [9.17, 15) is 48.6 Å². The summed E-state index contributed by atoms with van der Waals surface area (Å²) < 4.78 is 11.6. The molecule has 342 valence electrons. The third-order valence-electron chi connectivity index (χ3n) is 12.9. The molecule has 0 atom stereocenters. The second-order valence-corrected chi connectivity index (χ2v) is 16.8. The van der Waals surface area contributed by atoms with E-state index < -0.39 is 52.9 Å². The summed E-state index contributed by atoms with van der Waals surface area (Å²) in [6.07, 6.45) is 0. The Kier molecular flexibility index (Phi) is 10.2. The average molecular weight is 937 g/mol. The maximum atomic E-state index is 13.6. The number of fused-ring (bicyclic) bond motifs is 5. The van der Waals surface area contributed by atoms with Gasteiger partial charge in [-0.3, -0.25) is 19.2 Å². The molecule has 14 nitrogen and oxygen atoms in total. The lowest BCUT2D eigenvalue weighted by Crippen LogP contribution is -2.29. The number of aromatic carboxylic acids is 2. The van der Waals surface area contributed by atoms with Gasteiger partial charge in [0.2, 0.25) is 0 Å². The highest BCUT2D eigenvalue weighted by Crippen LogP contribution is 2.56. The van der Waals surface area contributed by atoms with E-state index in [0.717, 1.165) is 43.2 Å². The summed E-state index contributed by atoms with van der Waals surface area (Å²) in [5.74, 6) is -6.01. The van der Waals surface area contributed by atoms with Gasteiger partial charge in [0.15, 0.2) is 0 Å². The fourth-order valence-corrected chi connectivity index (χ4v) is 9.61. The van der Waals surface area contributed by atoms with E-state index in [1.807, 2.05) is 48.5 Å². The smallest absolute Gasteiger partial charge is 0.343 e. The molecule has 2 aliphatic heterocycles. The Morgan fingerprint density at radius 2 is 0.704 bits per heavy atom. The number of rotatable bonds is 10. The van der Waals surface area contributed by atoms with Crippen molar-refractivity contribution in [1.82, 2.24) is 0 Å². The van der Waals surface area contributed by atoms with Crippen LogP contribution in [0, 0.1) is 0 Å². The predicted octanol–water partition coefficient (Wildman–Crippen LogP) is 9.49. The SMILES string of the molecule is O=C(O)c1ccc(N2C(=O)c3ccc(C(=O)Oc4ccc(C5(c6ccc(OC(=O)c7ccc8c(c7)C(=O)N(c7ccc(C(=O)O)cc7)C8=O)cc6)c6ccccc6-c6ccccc65)cc4)cc3C2=O)cc1. The van der Waals surface area contributed by atoms with Crippen molar-refractivity contribution < 1.29 is 58.0 Å². The second-order valence-electron chi connectivity index (χ2n) is 16.8. The van der Waals surface area contributed by atoms with E-state index >= 15 is 0 Å². The van der Waals surface area contributed by atoms with Crippen molar-refractivity contribution in [3.8, 4) is 22.6 Å². The second kappa shape index (κ2) is 16.6.